The number of para-hydroxylation sites is 1. The van der Waals surface area contributed by atoms with E-state index in [9.17, 15) is 9.59 Å². The molecule has 2 aromatic carbocycles. The van der Waals surface area contributed by atoms with Gasteiger partial charge in [0.15, 0.2) is 6.61 Å². The number of aromatic nitrogens is 1. The second kappa shape index (κ2) is 8.31. The van der Waals surface area contributed by atoms with E-state index in [1.165, 1.54) is 11.8 Å². The summed E-state index contributed by atoms with van der Waals surface area (Å²) in [5, 5.41) is 4.72. The molecule has 3 aromatic rings. The van der Waals surface area contributed by atoms with Crippen molar-refractivity contribution in [2.24, 2.45) is 5.10 Å². The first-order chi connectivity index (χ1) is 13.0. The smallest absolute Gasteiger partial charge is 0.277 e. The van der Waals surface area contributed by atoms with Crippen molar-refractivity contribution in [2.45, 2.75) is 19.8 Å². The van der Waals surface area contributed by atoms with Crippen LogP contribution in [0.5, 0.6) is 5.75 Å². The number of hydrogen-bond donors (Lipinski definition) is 2. The van der Waals surface area contributed by atoms with Gasteiger partial charge in [0.1, 0.15) is 5.75 Å². The molecule has 0 bridgehead atoms. The summed E-state index contributed by atoms with van der Waals surface area (Å²) >= 11 is 0. The number of amides is 1. The number of hydrogen-bond acceptors (Lipinski definition) is 4. The van der Waals surface area contributed by atoms with Crippen LogP contribution in [-0.4, -0.2) is 23.7 Å². The highest BCUT2D eigenvalue weighted by Gasteiger charge is 2.04. The molecule has 0 unspecified atom stereocenters. The van der Waals surface area contributed by atoms with Gasteiger partial charge in [-0.3, -0.25) is 9.59 Å². The number of nitrogens with zero attached hydrogens (tertiary/aromatic N) is 1. The number of hydrazone groups is 1. The Morgan fingerprint density at radius 1 is 1.19 bits per heavy atom. The number of aromatic amines is 1. The zero-order valence-electron chi connectivity index (χ0n) is 15.2. The number of ether oxygens (including phenoxy) is 1. The quantitative estimate of drug-likeness (QED) is 0.521. The first-order valence-electron chi connectivity index (χ1n) is 8.69. The van der Waals surface area contributed by atoms with Gasteiger partial charge < -0.3 is 9.72 Å². The molecule has 0 aliphatic carbocycles. The van der Waals surface area contributed by atoms with E-state index in [1.54, 1.807) is 6.07 Å². The van der Waals surface area contributed by atoms with E-state index in [0.717, 1.165) is 10.9 Å². The van der Waals surface area contributed by atoms with E-state index in [1.807, 2.05) is 48.5 Å². The van der Waals surface area contributed by atoms with E-state index < -0.39 is 5.91 Å². The molecule has 0 aliphatic heterocycles. The van der Waals surface area contributed by atoms with Gasteiger partial charge in [0.2, 0.25) is 0 Å². The molecule has 0 aliphatic rings. The fourth-order valence-corrected chi connectivity index (χ4v) is 2.56. The Morgan fingerprint density at radius 2 is 1.93 bits per heavy atom. The lowest BCUT2D eigenvalue weighted by Gasteiger charge is -2.08. The maximum Gasteiger partial charge on any atom is 0.277 e. The molecular formula is C21H21N3O3. The zero-order chi connectivity index (χ0) is 19.2. The first-order valence-corrected chi connectivity index (χ1v) is 8.69. The molecule has 27 heavy (non-hydrogen) atoms. The van der Waals surface area contributed by atoms with E-state index in [4.69, 9.17) is 4.74 Å². The van der Waals surface area contributed by atoms with Crippen LogP contribution in [0.2, 0.25) is 0 Å². The SMILES string of the molecule is CC(C)c1ccc(OCC(=O)N/N=C/c2cc3ccccc3[nH]c2=O)cc1. The Labute approximate surface area is 156 Å². The molecule has 0 saturated carbocycles. The van der Waals surface area contributed by atoms with Gasteiger partial charge >= 0.3 is 0 Å². The average Bonchev–Trinajstić information content (AvgIpc) is 2.67. The lowest BCUT2D eigenvalue weighted by Crippen LogP contribution is -2.25. The molecule has 1 aromatic heterocycles. The van der Waals surface area contributed by atoms with E-state index in [2.05, 4.69) is 29.4 Å². The Morgan fingerprint density at radius 3 is 2.67 bits per heavy atom. The van der Waals surface area contributed by atoms with Crippen LogP contribution < -0.4 is 15.7 Å². The number of carbonyl (C=O) groups is 1. The minimum atomic E-state index is -0.406. The minimum absolute atomic E-state index is 0.160. The largest absolute Gasteiger partial charge is 0.484 e. The van der Waals surface area contributed by atoms with Gasteiger partial charge in [-0.15, -0.1) is 0 Å². The molecule has 1 amide bonds. The predicted octanol–water partition coefficient (Wildman–Crippen LogP) is 3.18. The summed E-state index contributed by atoms with van der Waals surface area (Å²) in [6.07, 6.45) is 1.32. The number of pyridine rings is 1. The standard InChI is InChI=1S/C21H21N3O3/c1-14(2)15-7-9-18(10-8-15)27-13-20(25)24-22-12-17-11-16-5-3-4-6-19(16)23-21(17)26/h3-12,14H,13H2,1-2H3,(H,23,26)(H,24,25)/b22-12+. The van der Waals surface area contributed by atoms with Crippen molar-refractivity contribution in [3.8, 4) is 5.75 Å². The summed E-state index contributed by atoms with van der Waals surface area (Å²) in [5.41, 5.74) is 4.41. The number of carbonyl (C=O) groups excluding carboxylic acids is 1. The van der Waals surface area contributed by atoms with E-state index >= 15 is 0 Å². The van der Waals surface area contributed by atoms with E-state index in [-0.39, 0.29) is 12.2 Å². The third-order valence-electron chi connectivity index (χ3n) is 4.09. The van der Waals surface area contributed by atoms with Gasteiger partial charge in [0, 0.05) is 5.52 Å². The summed E-state index contributed by atoms with van der Waals surface area (Å²) in [6, 6.07) is 16.8. The lowest BCUT2D eigenvalue weighted by atomic mass is 10.0. The summed E-state index contributed by atoms with van der Waals surface area (Å²) < 4.78 is 5.43. The summed E-state index contributed by atoms with van der Waals surface area (Å²) in [6.45, 7) is 4.07. The zero-order valence-corrected chi connectivity index (χ0v) is 15.2. The molecule has 0 atom stereocenters. The molecule has 138 valence electrons. The van der Waals surface area contributed by atoms with Crippen LogP contribution in [0.4, 0.5) is 0 Å². The van der Waals surface area contributed by atoms with Crippen molar-refractivity contribution in [3.63, 3.8) is 0 Å². The highest BCUT2D eigenvalue weighted by atomic mass is 16.5. The van der Waals surface area contributed by atoms with Gasteiger partial charge in [-0.05, 0) is 41.1 Å². The molecule has 0 saturated heterocycles. The van der Waals surface area contributed by atoms with Crippen LogP contribution in [-0.2, 0) is 4.79 Å². The highest BCUT2D eigenvalue weighted by molar-refractivity contribution is 5.88. The van der Waals surface area contributed by atoms with Crippen molar-refractivity contribution in [1.29, 1.82) is 0 Å². The number of H-pyrrole nitrogens is 1. The molecule has 3 rings (SSSR count). The number of benzene rings is 2. The molecule has 6 nitrogen and oxygen atoms in total. The van der Waals surface area contributed by atoms with Crippen molar-refractivity contribution in [3.05, 3.63) is 76.1 Å². The van der Waals surface area contributed by atoms with Gasteiger partial charge in [0.05, 0.1) is 11.8 Å². The fraction of sp³-hybridized carbons (Fsp3) is 0.190. The maximum atomic E-state index is 12.0. The second-order valence-electron chi connectivity index (χ2n) is 6.45. The van der Waals surface area contributed by atoms with Gasteiger partial charge in [0.25, 0.3) is 11.5 Å². The maximum absolute atomic E-state index is 12.0. The summed E-state index contributed by atoms with van der Waals surface area (Å²) in [5.74, 6) is 0.649. The third-order valence-corrected chi connectivity index (χ3v) is 4.09. The first kappa shape index (κ1) is 18.4. The molecule has 0 spiro atoms. The number of nitrogens with one attached hydrogen (secondary N) is 2. The number of fused-ring (bicyclic) bond motifs is 1. The topological polar surface area (TPSA) is 83.5 Å². The Bertz CT molecular complexity index is 1020. The van der Waals surface area contributed by atoms with Crippen LogP contribution in [0, 0.1) is 0 Å². The van der Waals surface area contributed by atoms with Gasteiger partial charge in [-0.25, -0.2) is 5.43 Å². The summed E-state index contributed by atoms with van der Waals surface area (Å²) in [4.78, 5) is 26.6. The lowest BCUT2D eigenvalue weighted by molar-refractivity contribution is -0.123. The van der Waals surface area contributed by atoms with E-state index in [0.29, 0.717) is 17.2 Å². The number of rotatable bonds is 6. The van der Waals surface area contributed by atoms with Crippen molar-refractivity contribution >= 4 is 23.0 Å². The monoisotopic (exact) mass is 363 g/mol. The molecule has 6 heteroatoms. The van der Waals surface area contributed by atoms with Crippen molar-refractivity contribution in [2.75, 3.05) is 6.61 Å². The van der Waals surface area contributed by atoms with Gasteiger partial charge in [-0.2, -0.15) is 5.10 Å². The van der Waals surface area contributed by atoms with Crippen LogP contribution >= 0.6 is 0 Å². The van der Waals surface area contributed by atoms with Crippen LogP contribution in [0.1, 0.15) is 30.9 Å². The Balaban J connectivity index is 1.56. The molecule has 0 radical (unpaired) electrons. The third kappa shape index (κ3) is 4.82. The van der Waals surface area contributed by atoms with Gasteiger partial charge in [-0.1, -0.05) is 44.2 Å². The van der Waals surface area contributed by atoms with Crippen LogP contribution in [0.15, 0.2) is 64.5 Å². The Hall–Kier alpha value is -3.41. The van der Waals surface area contributed by atoms with Crippen molar-refractivity contribution < 1.29 is 9.53 Å². The average molecular weight is 363 g/mol. The second-order valence-corrected chi connectivity index (χ2v) is 6.45. The molecular weight excluding hydrogens is 342 g/mol. The highest BCUT2D eigenvalue weighted by Crippen LogP contribution is 2.18. The van der Waals surface area contributed by atoms with Crippen LogP contribution in [0.3, 0.4) is 0 Å². The molecule has 1 heterocycles. The normalized spacial score (nSPS) is 11.2. The van der Waals surface area contributed by atoms with Crippen molar-refractivity contribution in [1.82, 2.24) is 10.4 Å². The van der Waals surface area contributed by atoms with Crippen LogP contribution in [0.25, 0.3) is 10.9 Å². The predicted molar refractivity (Wildman–Crippen MR) is 106 cm³/mol. The molecule has 0 fully saturated rings. The summed E-state index contributed by atoms with van der Waals surface area (Å²) in [7, 11) is 0. The Kier molecular flexibility index (Phi) is 5.66. The fourth-order valence-electron chi connectivity index (χ4n) is 2.56. The molecule has 2 N–H and O–H groups in total. The minimum Gasteiger partial charge on any atom is -0.484 e.